The molecule has 1 atom stereocenters. The van der Waals surface area contributed by atoms with E-state index in [1.807, 2.05) is 35.2 Å². The average Bonchev–Trinajstić information content (AvgIpc) is 3.11. The first kappa shape index (κ1) is 16.3. The monoisotopic (exact) mass is 349 g/mol. The number of carbonyl (C=O) groups excluding carboxylic acids is 2. The molecule has 0 spiro atoms. The van der Waals surface area contributed by atoms with Gasteiger partial charge in [-0.3, -0.25) is 9.59 Å². The Balaban J connectivity index is 1.64. The van der Waals surface area contributed by atoms with Crippen LogP contribution in [-0.2, 0) is 4.79 Å². The summed E-state index contributed by atoms with van der Waals surface area (Å²) in [5.74, 6) is -0.0913. The number of rotatable bonds is 2. The first-order valence-corrected chi connectivity index (χ1v) is 8.55. The number of nitrogens with zero attached hydrogens (tertiary/aromatic N) is 5. The largest absolute Gasteiger partial charge is 0.334 e. The highest BCUT2D eigenvalue weighted by Crippen LogP contribution is 2.26. The van der Waals surface area contributed by atoms with Crippen LogP contribution in [0.4, 0.5) is 0 Å². The Morgan fingerprint density at radius 3 is 2.69 bits per heavy atom. The quantitative estimate of drug-likeness (QED) is 0.707. The summed E-state index contributed by atoms with van der Waals surface area (Å²) in [6.07, 6.45) is 4.97. The number of benzene rings is 1. The van der Waals surface area contributed by atoms with E-state index in [-0.39, 0.29) is 17.9 Å². The predicted molar refractivity (Wildman–Crippen MR) is 95.5 cm³/mol. The lowest BCUT2D eigenvalue weighted by Crippen LogP contribution is -2.51. The summed E-state index contributed by atoms with van der Waals surface area (Å²) >= 11 is 0. The number of piperazine rings is 1. The van der Waals surface area contributed by atoms with Crippen molar-refractivity contribution in [1.29, 1.82) is 0 Å². The van der Waals surface area contributed by atoms with Crippen LogP contribution in [0.2, 0.25) is 0 Å². The summed E-state index contributed by atoms with van der Waals surface area (Å²) in [4.78, 5) is 33.0. The summed E-state index contributed by atoms with van der Waals surface area (Å²) in [6.45, 7) is 3.02. The van der Waals surface area contributed by atoms with Crippen LogP contribution in [0.5, 0.6) is 0 Å². The number of hydrogen-bond donors (Lipinski definition) is 0. The van der Waals surface area contributed by atoms with Crippen molar-refractivity contribution in [3.05, 3.63) is 66.1 Å². The van der Waals surface area contributed by atoms with Crippen LogP contribution in [0.3, 0.4) is 0 Å². The Morgan fingerprint density at radius 1 is 1.12 bits per heavy atom. The minimum absolute atomic E-state index is 0.0172. The van der Waals surface area contributed by atoms with E-state index >= 15 is 0 Å². The molecule has 2 amide bonds. The zero-order valence-corrected chi connectivity index (χ0v) is 14.4. The van der Waals surface area contributed by atoms with Crippen LogP contribution in [-0.4, -0.2) is 55.8 Å². The number of aromatic nitrogens is 3. The Bertz CT molecular complexity index is 953. The van der Waals surface area contributed by atoms with Gasteiger partial charge in [0.25, 0.3) is 5.91 Å². The van der Waals surface area contributed by atoms with Gasteiger partial charge in [0.15, 0.2) is 5.65 Å². The molecular formula is C19H19N5O2. The third-order valence-corrected chi connectivity index (χ3v) is 4.77. The van der Waals surface area contributed by atoms with E-state index in [1.165, 1.54) is 0 Å². The van der Waals surface area contributed by atoms with Crippen molar-refractivity contribution in [2.45, 2.75) is 13.0 Å². The van der Waals surface area contributed by atoms with Gasteiger partial charge in [0.2, 0.25) is 5.91 Å². The molecule has 4 rings (SSSR count). The predicted octanol–water partition coefficient (Wildman–Crippen LogP) is 1.77. The first-order chi connectivity index (χ1) is 12.6. The fourth-order valence-electron chi connectivity index (χ4n) is 3.45. The van der Waals surface area contributed by atoms with Crippen molar-refractivity contribution in [2.75, 3.05) is 19.6 Å². The van der Waals surface area contributed by atoms with E-state index in [0.717, 1.165) is 5.56 Å². The normalized spacial score (nSPS) is 17.5. The first-order valence-electron chi connectivity index (χ1n) is 8.55. The minimum Gasteiger partial charge on any atom is -0.334 e. The zero-order valence-electron chi connectivity index (χ0n) is 14.4. The Labute approximate surface area is 150 Å². The molecule has 132 valence electrons. The molecule has 0 aliphatic carbocycles. The van der Waals surface area contributed by atoms with Crippen molar-refractivity contribution < 1.29 is 9.59 Å². The van der Waals surface area contributed by atoms with Crippen LogP contribution in [0.15, 0.2) is 55.0 Å². The van der Waals surface area contributed by atoms with Gasteiger partial charge in [-0.25, -0.2) is 9.50 Å². The van der Waals surface area contributed by atoms with E-state index in [2.05, 4.69) is 10.1 Å². The van der Waals surface area contributed by atoms with Crippen LogP contribution in [0.25, 0.3) is 5.65 Å². The number of fused-ring (bicyclic) bond motifs is 1. The van der Waals surface area contributed by atoms with E-state index in [9.17, 15) is 9.59 Å². The second-order valence-electron chi connectivity index (χ2n) is 6.34. The summed E-state index contributed by atoms with van der Waals surface area (Å²) in [6, 6.07) is 11.4. The second-order valence-corrected chi connectivity index (χ2v) is 6.34. The van der Waals surface area contributed by atoms with Gasteiger partial charge < -0.3 is 9.80 Å². The molecule has 7 nitrogen and oxygen atoms in total. The molecule has 1 saturated heterocycles. The molecular weight excluding hydrogens is 330 g/mol. The summed E-state index contributed by atoms with van der Waals surface area (Å²) in [5.41, 5.74) is 2.05. The van der Waals surface area contributed by atoms with Gasteiger partial charge in [-0.05, 0) is 11.6 Å². The van der Waals surface area contributed by atoms with Gasteiger partial charge >= 0.3 is 0 Å². The average molecular weight is 349 g/mol. The summed E-state index contributed by atoms with van der Waals surface area (Å²) in [5, 5.41) is 4.20. The van der Waals surface area contributed by atoms with Crippen LogP contribution in [0, 0.1) is 0 Å². The molecule has 1 fully saturated rings. The van der Waals surface area contributed by atoms with Gasteiger partial charge in [0.05, 0.1) is 12.2 Å². The molecule has 0 unspecified atom stereocenters. The molecule has 3 heterocycles. The molecule has 0 N–H and O–H groups in total. The summed E-state index contributed by atoms with van der Waals surface area (Å²) < 4.78 is 1.59. The third-order valence-electron chi connectivity index (χ3n) is 4.77. The van der Waals surface area contributed by atoms with Crippen molar-refractivity contribution in [3.8, 4) is 0 Å². The Hall–Kier alpha value is -3.22. The van der Waals surface area contributed by atoms with Crippen molar-refractivity contribution in [3.63, 3.8) is 0 Å². The number of hydrogen-bond acceptors (Lipinski definition) is 4. The van der Waals surface area contributed by atoms with E-state index < -0.39 is 0 Å². The van der Waals surface area contributed by atoms with Gasteiger partial charge in [-0.15, -0.1) is 0 Å². The van der Waals surface area contributed by atoms with Gasteiger partial charge in [-0.1, -0.05) is 30.3 Å². The van der Waals surface area contributed by atoms with Crippen LogP contribution in [0.1, 0.15) is 28.9 Å². The van der Waals surface area contributed by atoms with Crippen molar-refractivity contribution >= 4 is 17.5 Å². The lowest BCUT2D eigenvalue weighted by molar-refractivity contribution is -0.133. The molecule has 7 heteroatoms. The van der Waals surface area contributed by atoms with Crippen molar-refractivity contribution in [2.24, 2.45) is 0 Å². The standard InChI is InChI=1S/C19H19N5O2/c1-14(25)23-11-10-22(13-17(23)15-6-3-2-4-7-15)19(26)16-12-21-24-9-5-8-20-18(16)24/h2-9,12,17H,10-11,13H2,1H3/t17-/m0/s1. The van der Waals surface area contributed by atoms with Gasteiger partial charge in [-0.2, -0.15) is 5.10 Å². The SMILES string of the molecule is CC(=O)N1CCN(C(=O)c2cnn3cccnc23)C[C@H]1c1ccccc1. The molecule has 0 saturated carbocycles. The van der Waals surface area contributed by atoms with Gasteiger partial charge in [0.1, 0.15) is 5.56 Å². The smallest absolute Gasteiger partial charge is 0.259 e. The van der Waals surface area contributed by atoms with E-state index in [0.29, 0.717) is 30.8 Å². The Kier molecular flexibility index (Phi) is 4.12. The third kappa shape index (κ3) is 2.81. The molecule has 1 aromatic carbocycles. The summed E-state index contributed by atoms with van der Waals surface area (Å²) in [7, 11) is 0. The topological polar surface area (TPSA) is 70.8 Å². The fraction of sp³-hybridized carbons (Fsp3) is 0.263. The van der Waals surface area contributed by atoms with E-state index in [1.54, 1.807) is 41.0 Å². The molecule has 2 aromatic heterocycles. The maximum absolute atomic E-state index is 13.1. The second kappa shape index (κ2) is 6.59. The van der Waals surface area contributed by atoms with Crippen LogP contribution >= 0.6 is 0 Å². The highest BCUT2D eigenvalue weighted by atomic mass is 16.2. The molecule has 3 aromatic rings. The number of amides is 2. The molecule has 1 aliphatic heterocycles. The van der Waals surface area contributed by atoms with Crippen molar-refractivity contribution in [1.82, 2.24) is 24.4 Å². The maximum atomic E-state index is 13.1. The van der Waals surface area contributed by atoms with E-state index in [4.69, 9.17) is 0 Å². The highest BCUT2D eigenvalue weighted by Gasteiger charge is 2.33. The lowest BCUT2D eigenvalue weighted by atomic mass is 10.0. The Morgan fingerprint density at radius 2 is 1.92 bits per heavy atom. The molecule has 0 radical (unpaired) electrons. The maximum Gasteiger partial charge on any atom is 0.259 e. The lowest BCUT2D eigenvalue weighted by Gasteiger charge is -2.41. The highest BCUT2D eigenvalue weighted by molar-refractivity contribution is 5.99. The van der Waals surface area contributed by atoms with Gasteiger partial charge in [0, 0.05) is 39.0 Å². The zero-order chi connectivity index (χ0) is 18.1. The number of carbonyl (C=O) groups is 2. The molecule has 26 heavy (non-hydrogen) atoms. The van der Waals surface area contributed by atoms with Crippen LogP contribution < -0.4 is 0 Å². The molecule has 1 aliphatic rings. The minimum atomic E-state index is -0.152. The fourth-order valence-corrected chi connectivity index (χ4v) is 3.45. The molecule has 0 bridgehead atoms.